The summed E-state index contributed by atoms with van der Waals surface area (Å²) in [5.74, 6) is -0.421. The van der Waals surface area contributed by atoms with Gasteiger partial charge in [-0.1, -0.05) is 24.3 Å². The lowest BCUT2D eigenvalue weighted by Gasteiger charge is -2.18. The molecule has 0 spiro atoms. The topological polar surface area (TPSA) is 43.4 Å². The fraction of sp³-hybridized carbons (Fsp3) is 0.200. The molecular weight excluding hydrogens is 228 g/mol. The van der Waals surface area contributed by atoms with Crippen LogP contribution in [-0.4, -0.2) is 19.4 Å². The molecule has 18 heavy (non-hydrogen) atoms. The van der Waals surface area contributed by atoms with E-state index in [0.29, 0.717) is 6.42 Å². The van der Waals surface area contributed by atoms with Crippen LogP contribution in [0, 0.1) is 0 Å². The second kappa shape index (κ2) is 5.45. The maximum Gasteiger partial charge on any atom is 0.330 e. The molecule has 3 heteroatoms. The zero-order chi connectivity index (χ0) is 13.0. The second-order valence-electron chi connectivity index (χ2n) is 4.07. The molecule has 0 amide bonds. The van der Waals surface area contributed by atoms with Crippen molar-refractivity contribution in [1.29, 1.82) is 0 Å². The molecule has 0 fully saturated rings. The molecule has 92 valence electrons. The first-order chi connectivity index (χ1) is 8.76. The summed E-state index contributed by atoms with van der Waals surface area (Å²) in [5, 5.41) is 0. The summed E-state index contributed by atoms with van der Waals surface area (Å²) in [5.41, 5.74) is 3.77. The Morgan fingerprint density at radius 1 is 1.28 bits per heavy atom. The Balaban J connectivity index is 2.45. The van der Waals surface area contributed by atoms with Crippen molar-refractivity contribution in [1.82, 2.24) is 0 Å². The Hall–Kier alpha value is -2.16. The fourth-order valence-corrected chi connectivity index (χ4v) is 2.12. The third-order valence-electron chi connectivity index (χ3n) is 3.05. The number of aryl methyl sites for hydroxylation is 1. The Morgan fingerprint density at radius 3 is 2.78 bits per heavy atom. The van der Waals surface area contributed by atoms with Crippen molar-refractivity contribution in [3.8, 4) is 0 Å². The van der Waals surface area contributed by atoms with E-state index in [1.54, 1.807) is 6.08 Å². The van der Waals surface area contributed by atoms with Crippen molar-refractivity contribution >= 4 is 17.8 Å². The second-order valence-corrected chi connectivity index (χ2v) is 4.07. The highest BCUT2D eigenvalue weighted by molar-refractivity contribution is 5.96. The van der Waals surface area contributed by atoms with Crippen LogP contribution in [0.3, 0.4) is 0 Å². The number of methoxy groups -OCH3 is 1. The highest BCUT2D eigenvalue weighted by Crippen LogP contribution is 2.31. The zero-order valence-electron chi connectivity index (χ0n) is 10.2. The van der Waals surface area contributed by atoms with Gasteiger partial charge in [-0.25, -0.2) is 4.79 Å². The molecule has 3 nitrogen and oxygen atoms in total. The van der Waals surface area contributed by atoms with Gasteiger partial charge in [0.1, 0.15) is 6.29 Å². The van der Waals surface area contributed by atoms with Gasteiger partial charge in [-0.15, -0.1) is 0 Å². The first kappa shape index (κ1) is 12.3. The molecular formula is C15H14O3. The van der Waals surface area contributed by atoms with Gasteiger partial charge in [0.2, 0.25) is 0 Å². The van der Waals surface area contributed by atoms with E-state index in [2.05, 4.69) is 4.74 Å². The van der Waals surface area contributed by atoms with Crippen molar-refractivity contribution in [3.63, 3.8) is 0 Å². The monoisotopic (exact) mass is 242 g/mol. The molecule has 0 N–H and O–H groups in total. The summed E-state index contributed by atoms with van der Waals surface area (Å²) >= 11 is 0. The number of carbonyl (C=O) groups excluding carboxylic acids is 2. The normalized spacial score (nSPS) is 14.5. The summed E-state index contributed by atoms with van der Waals surface area (Å²) in [6, 6.07) is 7.92. The largest absolute Gasteiger partial charge is 0.466 e. The van der Waals surface area contributed by atoms with Crippen LogP contribution in [0.2, 0.25) is 0 Å². The Morgan fingerprint density at radius 2 is 2.06 bits per heavy atom. The minimum absolute atomic E-state index is 0.421. The molecule has 1 aliphatic carbocycles. The number of esters is 1. The Kier molecular flexibility index (Phi) is 3.72. The van der Waals surface area contributed by atoms with Gasteiger partial charge < -0.3 is 4.74 Å². The highest BCUT2D eigenvalue weighted by atomic mass is 16.5. The van der Waals surface area contributed by atoms with Gasteiger partial charge >= 0.3 is 5.97 Å². The highest BCUT2D eigenvalue weighted by Gasteiger charge is 2.16. The molecule has 0 unspecified atom stereocenters. The summed E-state index contributed by atoms with van der Waals surface area (Å²) in [7, 11) is 1.33. The number of carbonyl (C=O) groups is 2. The average molecular weight is 242 g/mol. The summed E-state index contributed by atoms with van der Waals surface area (Å²) in [6.07, 6.45) is 5.45. The first-order valence-corrected chi connectivity index (χ1v) is 5.79. The number of rotatable bonds is 3. The van der Waals surface area contributed by atoms with Crippen LogP contribution in [0.5, 0.6) is 0 Å². The number of hydrogen-bond donors (Lipinski definition) is 0. The Bertz CT molecular complexity index is 538. The molecule has 0 aromatic heterocycles. The van der Waals surface area contributed by atoms with Crippen LogP contribution in [0.15, 0.2) is 42.0 Å². The van der Waals surface area contributed by atoms with Gasteiger partial charge in [-0.3, -0.25) is 4.79 Å². The lowest BCUT2D eigenvalue weighted by Crippen LogP contribution is -2.05. The predicted molar refractivity (Wildman–Crippen MR) is 68.9 cm³/mol. The van der Waals surface area contributed by atoms with Crippen molar-refractivity contribution < 1.29 is 14.3 Å². The average Bonchev–Trinajstić information content (AvgIpc) is 2.44. The maximum atomic E-state index is 11.1. The number of fused-ring (bicyclic) bond motifs is 1. The van der Waals surface area contributed by atoms with Crippen molar-refractivity contribution in [2.24, 2.45) is 0 Å². The summed E-state index contributed by atoms with van der Waals surface area (Å²) in [6.45, 7) is 0. The molecule has 0 bridgehead atoms. The molecule has 0 saturated heterocycles. The van der Waals surface area contributed by atoms with Crippen LogP contribution in [-0.2, 0) is 20.7 Å². The van der Waals surface area contributed by atoms with Gasteiger partial charge in [0, 0.05) is 11.6 Å². The number of aldehydes is 1. The van der Waals surface area contributed by atoms with Gasteiger partial charge in [-0.05, 0) is 35.6 Å². The Labute approximate surface area is 106 Å². The number of benzene rings is 1. The predicted octanol–water partition coefficient (Wildman–Crippen LogP) is 2.31. The van der Waals surface area contributed by atoms with Crippen LogP contribution in [0.1, 0.15) is 17.5 Å². The van der Waals surface area contributed by atoms with Crippen LogP contribution >= 0.6 is 0 Å². The minimum Gasteiger partial charge on any atom is -0.466 e. The van der Waals surface area contributed by atoms with Crippen LogP contribution < -0.4 is 0 Å². The third-order valence-corrected chi connectivity index (χ3v) is 3.05. The van der Waals surface area contributed by atoms with Gasteiger partial charge in [0.15, 0.2) is 0 Å². The van der Waals surface area contributed by atoms with Crippen molar-refractivity contribution in [3.05, 3.63) is 53.1 Å². The molecule has 0 aliphatic heterocycles. The van der Waals surface area contributed by atoms with E-state index in [4.69, 9.17) is 0 Å². The van der Waals surface area contributed by atoms with E-state index < -0.39 is 5.97 Å². The standard InChI is InChI=1S/C15H14O3/c1-18-15(17)9-8-14-12(10-16)7-6-11-4-2-3-5-13(11)14/h2-5,8-10H,6-7H2,1H3/b9-8+. The van der Waals surface area contributed by atoms with Gasteiger partial charge in [0.05, 0.1) is 7.11 Å². The summed E-state index contributed by atoms with van der Waals surface area (Å²) in [4.78, 5) is 22.2. The van der Waals surface area contributed by atoms with E-state index in [9.17, 15) is 9.59 Å². The van der Waals surface area contributed by atoms with Crippen LogP contribution in [0.25, 0.3) is 5.57 Å². The quantitative estimate of drug-likeness (QED) is 0.464. The van der Waals surface area contributed by atoms with Gasteiger partial charge in [0.25, 0.3) is 0 Å². The van der Waals surface area contributed by atoms with Crippen molar-refractivity contribution in [2.75, 3.05) is 7.11 Å². The fourth-order valence-electron chi connectivity index (χ4n) is 2.12. The molecule has 0 atom stereocenters. The first-order valence-electron chi connectivity index (χ1n) is 5.79. The van der Waals surface area contributed by atoms with E-state index in [1.165, 1.54) is 18.7 Å². The lowest BCUT2D eigenvalue weighted by atomic mass is 9.86. The molecule has 0 saturated carbocycles. The number of allylic oxidation sites excluding steroid dienone is 3. The molecule has 2 rings (SSSR count). The third kappa shape index (κ3) is 2.40. The van der Waals surface area contributed by atoms with Crippen molar-refractivity contribution in [2.45, 2.75) is 12.8 Å². The van der Waals surface area contributed by atoms with E-state index in [0.717, 1.165) is 29.4 Å². The van der Waals surface area contributed by atoms with E-state index in [-0.39, 0.29) is 0 Å². The van der Waals surface area contributed by atoms with E-state index >= 15 is 0 Å². The maximum absolute atomic E-state index is 11.1. The van der Waals surface area contributed by atoms with Gasteiger partial charge in [-0.2, -0.15) is 0 Å². The SMILES string of the molecule is COC(=O)/C=C/C1=C(C=O)CCc2ccccc21. The minimum atomic E-state index is -0.421. The zero-order valence-corrected chi connectivity index (χ0v) is 10.2. The lowest BCUT2D eigenvalue weighted by molar-refractivity contribution is -0.134. The smallest absolute Gasteiger partial charge is 0.330 e. The molecule has 1 aliphatic rings. The molecule has 1 aromatic rings. The molecule has 0 heterocycles. The van der Waals surface area contributed by atoms with E-state index in [1.807, 2.05) is 24.3 Å². The van der Waals surface area contributed by atoms with Crippen LogP contribution in [0.4, 0.5) is 0 Å². The number of hydrogen-bond acceptors (Lipinski definition) is 3. The molecule has 1 aromatic carbocycles. The number of ether oxygens (including phenoxy) is 1. The molecule has 0 radical (unpaired) electrons. The summed E-state index contributed by atoms with van der Waals surface area (Å²) < 4.78 is 4.56.